The molecule has 1 aromatic heterocycles. The molecule has 0 radical (unpaired) electrons. The Morgan fingerprint density at radius 2 is 2.28 bits per heavy atom. The highest BCUT2D eigenvalue weighted by Gasteiger charge is 2.29. The van der Waals surface area contributed by atoms with Gasteiger partial charge in [0.25, 0.3) is 0 Å². The fourth-order valence-electron chi connectivity index (χ4n) is 2.34. The van der Waals surface area contributed by atoms with E-state index in [0.29, 0.717) is 10.6 Å². The summed E-state index contributed by atoms with van der Waals surface area (Å²) >= 11 is 4.93. The molecule has 3 rings (SSSR count). The molecule has 0 aliphatic heterocycles. The van der Waals surface area contributed by atoms with Crippen molar-refractivity contribution in [3.63, 3.8) is 0 Å². The van der Waals surface area contributed by atoms with Crippen molar-refractivity contribution < 1.29 is 9.53 Å². The van der Waals surface area contributed by atoms with Crippen LogP contribution in [-0.4, -0.2) is 13.1 Å². The topological polar surface area (TPSA) is 52.3 Å². The Morgan fingerprint density at radius 1 is 1.50 bits per heavy atom. The van der Waals surface area contributed by atoms with Gasteiger partial charge in [0.05, 0.1) is 7.11 Å². The minimum absolute atomic E-state index is 0.360. The monoisotopic (exact) mass is 323 g/mol. The summed E-state index contributed by atoms with van der Waals surface area (Å²) in [6.45, 7) is 0. The molecule has 0 amide bonds. The molecule has 1 aliphatic rings. The van der Waals surface area contributed by atoms with Crippen LogP contribution < -0.4 is 5.73 Å². The van der Waals surface area contributed by atoms with E-state index in [1.807, 2.05) is 12.1 Å². The number of nitrogens with two attached hydrogens (primary N) is 1. The van der Waals surface area contributed by atoms with Crippen LogP contribution in [0.15, 0.2) is 22.7 Å². The van der Waals surface area contributed by atoms with Crippen LogP contribution >= 0.6 is 27.3 Å². The third-order valence-electron chi connectivity index (χ3n) is 3.09. The first kappa shape index (κ1) is 11.7. The molecule has 0 saturated carbocycles. The van der Waals surface area contributed by atoms with Gasteiger partial charge in [-0.1, -0.05) is 22.0 Å². The molecular formula is C13H10BrNO2S. The van der Waals surface area contributed by atoms with Gasteiger partial charge < -0.3 is 10.5 Å². The van der Waals surface area contributed by atoms with Crippen molar-refractivity contribution in [3.05, 3.63) is 38.7 Å². The molecule has 2 aromatic rings. The third kappa shape index (κ3) is 1.58. The van der Waals surface area contributed by atoms with Gasteiger partial charge in [-0.2, -0.15) is 0 Å². The molecule has 0 fully saturated rings. The normalized spacial score (nSPS) is 12.1. The van der Waals surface area contributed by atoms with Gasteiger partial charge in [0.1, 0.15) is 10.6 Å². The lowest BCUT2D eigenvalue weighted by atomic mass is 10.0. The number of fused-ring (bicyclic) bond motifs is 3. The summed E-state index contributed by atoms with van der Waals surface area (Å²) in [5.41, 5.74) is 9.69. The highest BCUT2D eigenvalue weighted by molar-refractivity contribution is 9.10. The van der Waals surface area contributed by atoms with Crippen molar-refractivity contribution in [1.82, 2.24) is 0 Å². The summed E-state index contributed by atoms with van der Waals surface area (Å²) in [6, 6.07) is 6.08. The quantitative estimate of drug-likeness (QED) is 0.698. The number of esters is 1. The smallest absolute Gasteiger partial charge is 0.341 e. The molecule has 18 heavy (non-hydrogen) atoms. The molecule has 92 valence electrons. The van der Waals surface area contributed by atoms with Gasteiger partial charge in [-0.15, -0.1) is 11.3 Å². The zero-order valence-corrected chi connectivity index (χ0v) is 12.0. The Kier molecular flexibility index (Phi) is 2.68. The Balaban J connectivity index is 2.25. The molecule has 0 unspecified atom stereocenters. The minimum Gasteiger partial charge on any atom is -0.465 e. The second-order valence-electron chi connectivity index (χ2n) is 4.11. The lowest BCUT2D eigenvalue weighted by molar-refractivity contribution is 0.0603. The number of ether oxygens (including phenoxy) is 1. The van der Waals surface area contributed by atoms with Crippen LogP contribution in [0.5, 0.6) is 0 Å². The van der Waals surface area contributed by atoms with Crippen molar-refractivity contribution in [1.29, 1.82) is 0 Å². The van der Waals surface area contributed by atoms with Crippen LogP contribution in [0.2, 0.25) is 0 Å². The van der Waals surface area contributed by atoms with Crippen LogP contribution in [-0.2, 0) is 11.2 Å². The molecule has 0 atom stereocenters. The first-order valence-corrected chi connectivity index (χ1v) is 7.01. The molecule has 2 N–H and O–H groups in total. The highest BCUT2D eigenvalue weighted by Crippen LogP contribution is 2.47. The second-order valence-corrected chi connectivity index (χ2v) is 6.16. The Bertz CT molecular complexity index is 663. The Hall–Kier alpha value is -1.33. The van der Waals surface area contributed by atoms with Gasteiger partial charge in [-0.05, 0) is 23.3 Å². The van der Waals surface area contributed by atoms with E-state index >= 15 is 0 Å². The molecule has 0 spiro atoms. The molecular weight excluding hydrogens is 314 g/mol. The van der Waals surface area contributed by atoms with Crippen molar-refractivity contribution in [2.75, 3.05) is 12.8 Å². The van der Waals surface area contributed by atoms with Gasteiger partial charge >= 0.3 is 5.97 Å². The summed E-state index contributed by atoms with van der Waals surface area (Å²) < 4.78 is 5.86. The average molecular weight is 324 g/mol. The number of carbonyl (C=O) groups is 1. The van der Waals surface area contributed by atoms with Gasteiger partial charge in [0.15, 0.2) is 0 Å². The van der Waals surface area contributed by atoms with Crippen LogP contribution in [0, 0.1) is 0 Å². The lowest BCUT2D eigenvalue weighted by Crippen LogP contribution is -2.04. The number of benzene rings is 1. The number of carbonyl (C=O) groups excluding carboxylic acids is 1. The van der Waals surface area contributed by atoms with Gasteiger partial charge in [-0.25, -0.2) is 4.79 Å². The predicted octanol–water partition coefficient (Wildman–Crippen LogP) is 3.45. The summed E-state index contributed by atoms with van der Waals surface area (Å²) in [5, 5.41) is 0.542. The average Bonchev–Trinajstić information content (AvgIpc) is 2.81. The van der Waals surface area contributed by atoms with E-state index in [4.69, 9.17) is 10.5 Å². The zero-order valence-electron chi connectivity index (χ0n) is 9.62. The largest absolute Gasteiger partial charge is 0.465 e. The molecule has 1 heterocycles. The van der Waals surface area contributed by atoms with Crippen LogP contribution in [0.1, 0.15) is 20.8 Å². The number of methoxy groups -OCH3 is 1. The van der Waals surface area contributed by atoms with Crippen LogP contribution in [0.3, 0.4) is 0 Å². The third-order valence-corrected chi connectivity index (χ3v) is 4.60. The van der Waals surface area contributed by atoms with Crippen molar-refractivity contribution in [2.45, 2.75) is 6.42 Å². The molecule has 1 aliphatic carbocycles. The van der Waals surface area contributed by atoms with E-state index in [-0.39, 0.29) is 5.97 Å². The summed E-state index contributed by atoms with van der Waals surface area (Å²) in [5.74, 6) is -0.360. The number of nitrogen functional groups attached to an aromatic ring is 1. The second kappa shape index (κ2) is 4.10. The molecule has 3 nitrogen and oxygen atoms in total. The van der Waals surface area contributed by atoms with E-state index in [1.54, 1.807) is 0 Å². The molecule has 0 bridgehead atoms. The lowest BCUT2D eigenvalue weighted by Gasteiger charge is -2.04. The van der Waals surface area contributed by atoms with Gasteiger partial charge in [0, 0.05) is 21.3 Å². The summed E-state index contributed by atoms with van der Waals surface area (Å²) in [4.78, 5) is 13.0. The van der Waals surface area contributed by atoms with Gasteiger partial charge in [-0.3, -0.25) is 0 Å². The summed E-state index contributed by atoms with van der Waals surface area (Å²) in [6.07, 6.45) is 0.829. The van der Waals surface area contributed by atoms with Crippen molar-refractivity contribution in [3.8, 4) is 11.1 Å². The first-order valence-electron chi connectivity index (χ1n) is 5.40. The van der Waals surface area contributed by atoms with Gasteiger partial charge in [0.2, 0.25) is 0 Å². The van der Waals surface area contributed by atoms with Crippen molar-refractivity contribution in [2.24, 2.45) is 0 Å². The predicted molar refractivity (Wildman–Crippen MR) is 76.0 cm³/mol. The summed E-state index contributed by atoms with van der Waals surface area (Å²) in [7, 11) is 1.38. The first-order chi connectivity index (χ1) is 8.61. The van der Waals surface area contributed by atoms with E-state index in [0.717, 1.165) is 26.9 Å². The number of rotatable bonds is 1. The molecule has 1 aromatic carbocycles. The van der Waals surface area contributed by atoms with Crippen molar-refractivity contribution >= 4 is 38.2 Å². The van der Waals surface area contributed by atoms with E-state index in [9.17, 15) is 4.79 Å². The number of thiophene rings is 1. The fraction of sp³-hybridized carbons (Fsp3) is 0.154. The number of hydrogen-bond acceptors (Lipinski definition) is 4. The number of anilines is 1. The fourth-order valence-corrected chi connectivity index (χ4v) is 3.84. The highest BCUT2D eigenvalue weighted by atomic mass is 79.9. The maximum absolute atomic E-state index is 11.8. The Morgan fingerprint density at radius 3 is 3.00 bits per heavy atom. The van der Waals surface area contributed by atoms with E-state index < -0.39 is 0 Å². The number of halogens is 1. The molecule has 0 saturated heterocycles. The SMILES string of the molecule is COC(=O)c1c(N)sc2c1-c1ccc(Br)cc1C2. The Labute approximate surface area is 117 Å². The standard InChI is InChI=1S/C13H10BrNO2S/c1-17-13(16)11-10-8-3-2-7(14)4-6(8)5-9(10)18-12(11)15/h2-4H,5,15H2,1H3. The van der Waals surface area contributed by atoms with E-state index in [1.165, 1.54) is 24.0 Å². The van der Waals surface area contributed by atoms with E-state index in [2.05, 4.69) is 22.0 Å². The van der Waals surface area contributed by atoms with Crippen LogP contribution in [0.4, 0.5) is 5.00 Å². The maximum atomic E-state index is 11.8. The van der Waals surface area contributed by atoms with Crippen LogP contribution in [0.25, 0.3) is 11.1 Å². The minimum atomic E-state index is -0.360. The molecule has 5 heteroatoms. The number of hydrogen-bond donors (Lipinski definition) is 1. The zero-order chi connectivity index (χ0) is 12.9. The maximum Gasteiger partial charge on any atom is 0.341 e.